The highest BCUT2D eigenvalue weighted by atomic mass is 16.4. The Hall–Kier alpha value is -1.83. The SMILES string of the molecule is CC(C)CNC(=O)CNC(=O)NCC(O)C(=O)O. The molecule has 0 fully saturated rings. The van der Waals surface area contributed by atoms with E-state index in [1.165, 1.54) is 0 Å². The minimum absolute atomic E-state index is 0.207. The van der Waals surface area contributed by atoms with E-state index in [4.69, 9.17) is 10.2 Å². The van der Waals surface area contributed by atoms with Crippen LogP contribution in [-0.2, 0) is 9.59 Å². The van der Waals surface area contributed by atoms with E-state index in [0.717, 1.165) is 0 Å². The van der Waals surface area contributed by atoms with E-state index >= 15 is 0 Å². The fourth-order valence-corrected chi connectivity index (χ4v) is 0.880. The zero-order chi connectivity index (χ0) is 14.1. The molecule has 1 unspecified atom stereocenters. The first kappa shape index (κ1) is 16.2. The fourth-order valence-electron chi connectivity index (χ4n) is 0.880. The van der Waals surface area contributed by atoms with Gasteiger partial charge in [-0.2, -0.15) is 0 Å². The van der Waals surface area contributed by atoms with Crippen LogP contribution in [0.1, 0.15) is 13.8 Å². The van der Waals surface area contributed by atoms with Gasteiger partial charge in [-0.05, 0) is 5.92 Å². The van der Waals surface area contributed by atoms with Crippen molar-refractivity contribution in [2.75, 3.05) is 19.6 Å². The molecule has 0 saturated heterocycles. The molecule has 0 saturated carbocycles. The molecule has 104 valence electrons. The van der Waals surface area contributed by atoms with Gasteiger partial charge in [-0.1, -0.05) is 13.8 Å². The van der Waals surface area contributed by atoms with E-state index in [1.807, 2.05) is 13.8 Å². The van der Waals surface area contributed by atoms with Crippen molar-refractivity contribution < 1.29 is 24.6 Å². The Morgan fingerprint density at radius 1 is 1.06 bits per heavy atom. The number of rotatable bonds is 7. The van der Waals surface area contributed by atoms with Crippen molar-refractivity contribution in [1.82, 2.24) is 16.0 Å². The molecule has 8 nitrogen and oxygen atoms in total. The number of aliphatic carboxylic acids is 1. The molecule has 0 aromatic carbocycles. The van der Waals surface area contributed by atoms with Gasteiger partial charge in [-0.25, -0.2) is 9.59 Å². The van der Waals surface area contributed by atoms with Gasteiger partial charge in [0.05, 0.1) is 13.1 Å². The lowest BCUT2D eigenvalue weighted by Crippen LogP contribution is -2.45. The molecule has 0 aliphatic carbocycles. The molecule has 5 N–H and O–H groups in total. The van der Waals surface area contributed by atoms with Crippen LogP contribution in [0, 0.1) is 5.92 Å². The quantitative estimate of drug-likeness (QED) is 0.381. The van der Waals surface area contributed by atoms with Crippen LogP contribution in [0.15, 0.2) is 0 Å². The molecule has 3 amide bonds. The van der Waals surface area contributed by atoms with Crippen molar-refractivity contribution in [2.24, 2.45) is 5.92 Å². The van der Waals surface area contributed by atoms with Crippen LogP contribution in [0.2, 0.25) is 0 Å². The normalized spacial score (nSPS) is 11.8. The molecule has 0 aliphatic heterocycles. The lowest BCUT2D eigenvalue weighted by Gasteiger charge is -2.10. The molecule has 0 heterocycles. The topological polar surface area (TPSA) is 128 Å². The maximum absolute atomic E-state index is 11.2. The summed E-state index contributed by atoms with van der Waals surface area (Å²) in [5.74, 6) is -1.45. The van der Waals surface area contributed by atoms with Crippen molar-refractivity contribution >= 4 is 17.9 Å². The third-order valence-electron chi connectivity index (χ3n) is 1.86. The van der Waals surface area contributed by atoms with Gasteiger partial charge >= 0.3 is 12.0 Å². The number of aliphatic hydroxyl groups is 1. The molecule has 18 heavy (non-hydrogen) atoms. The van der Waals surface area contributed by atoms with Crippen LogP contribution in [0.3, 0.4) is 0 Å². The van der Waals surface area contributed by atoms with Gasteiger partial charge in [-0.15, -0.1) is 0 Å². The predicted molar refractivity (Wildman–Crippen MR) is 62.9 cm³/mol. The monoisotopic (exact) mass is 261 g/mol. The van der Waals surface area contributed by atoms with Gasteiger partial charge in [-0.3, -0.25) is 4.79 Å². The summed E-state index contributed by atoms with van der Waals surface area (Å²) >= 11 is 0. The molecular formula is C10H19N3O5. The number of nitrogens with one attached hydrogen (secondary N) is 3. The summed E-state index contributed by atoms with van der Waals surface area (Å²) in [7, 11) is 0. The standard InChI is InChI=1S/C10H19N3O5/c1-6(2)3-11-8(15)5-13-10(18)12-4-7(14)9(16)17/h6-7,14H,3-5H2,1-2H3,(H,11,15)(H,16,17)(H2,12,13,18). The Morgan fingerprint density at radius 2 is 1.67 bits per heavy atom. The number of hydrogen-bond donors (Lipinski definition) is 5. The summed E-state index contributed by atoms with van der Waals surface area (Å²) in [5.41, 5.74) is 0. The fraction of sp³-hybridized carbons (Fsp3) is 0.700. The molecule has 0 rings (SSSR count). The molecule has 0 aromatic rings. The Balaban J connectivity index is 3.70. The molecule has 1 atom stereocenters. The molecular weight excluding hydrogens is 242 g/mol. The third kappa shape index (κ3) is 8.34. The number of urea groups is 1. The summed E-state index contributed by atoms with van der Waals surface area (Å²) in [5, 5.41) is 24.2. The van der Waals surface area contributed by atoms with Gasteiger partial charge in [0.1, 0.15) is 0 Å². The number of carbonyl (C=O) groups is 3. The summed E-state index contributed by atoms with van der Waals surface area (Å²) < 4.78 is 0. The molecule has 8 heteroatoms. The number of hydrogen-bond acceptors (Lipinski definition) is 4. The minimum atomic E-state index is -1.66. The maximum atomic E-state index is 11.2. The lowest BCUT2D eigenvalue weighted by molar-refractivity contribution is -0.146. The number of carboxylic acid groups (broad SMARTS) is 1. The second-order valence-electron chi connectivity index (χ2n) is 4.12. The highest BCUT2D eigenvalue weighted by molar-refractivity contribution is 5.84. The third-order valence-corrected chi connectivity index (χ3v) is 1.86. The summed E-state index contributed by atoms with van der Waals surface area (Å²) in [6.07, 6.45) is -1.66. The van der Waals surface area contributed by atoms with Crippen molar-refractivity contribution in [2.45, 2.75) is 20.0 Å². The number of amides is 3. The van der Waals surface area contributed by atoms with Gasteiger partial charge < -0.3 is 26.2 Å². The van der Waals surface area contributed by atoms with E-state index < -0.39 is 24.6 Å². The number of carboxylic acids is 1. The highest BCUT2D eigenvalue weighted by Gasteiger charge is 2.14. The first-order valence-electron chi connectivity index (χ1n) is 5.52. The molecule has 0 aliphatic rings. The summed E-state index contributed by atoms with van der Waals surface area (Å²) in [6, 6.07) is -0.713. The van der Waals surface area contributed by atoms with E-state index in [-0.39, 0.29) is 12.5 Å². The molecule has 0 radical (unpaired) electrons. The lowest BCUT2D eigenvalue weighted by atomic mass is 10.2. The number of carbonyl (C=O) groups excluding carboxylic acids is 2. The average molecular weight is 261 g/mol. The van der Waals surface area contributed by atoms with Crippen molar-refractivity contribution in [3.63, 3.8) is 0 Å². The Labute approximate surface area is 105 Å². The smallest absolute Gasteiger partial charge is 0.334 e. The largest absolute Gasteiger partial charge is 0.479 e. The predicted octanol–water partition coefficient (Wildman–Crippen LogP) is -1.50. The highest BCUT2D eigenvalue weighted by Crippen LogP contribution is 1.86. The maximum Gasteiger partial charge on any atom is 0.334 e. The van der Waals surface area contributed by atoms with Crippen LogP contribution in [-0.4, -0.2) is 53.9 Å². The van der Waals surface area contributed by atoms with Gasteiger partial charge in [0.25, 0.3) is 0 Å². The zero-order valence-electron chi connectivity index (χ0n) is 10.4. The van der Waals surface area contributed by atoms with Crippen molar-refractivity contribution in [3.8, 4) is 0 Å². The van der Waals surface area contributed by atoms with Crippen LogP contribution < -0.4 is 16.0 Å². The summed E-state index contributed by atoms with van der Waals surface area (Å²) in [6.45, 7) is 3.76. The minimum Gasteiger partial charge on any atom is -0.479 e. The van der Waals surface area contributed by atoms with Crippen molar-refractivity contribution in [1.29, 1.82) is 0 Å². The van der Waals surface area contributed by atoms with E-state index in [1.54, 1.807) is 0 Å². The van der Waals surface area contributed by atoms with Crippen LogP contribution in [0.5, 0.6) is 0 Å². The van der Waals surface area contributed by atoms with Gasteiger partial charge in [0.2, 0.25) is 5.91 Å². The average Bonchev–Trinajstić information content (AvgIpc) is 2.30. The second kappa shape index (κ2) is 8.29. The number of aliphatic hydroxyl groups excluding tert-OH is 1. The Bertz CT molecular complexity index is 306. The molecule has 0 bridgehead atoms. The molecule has 0 spiro atoms. The summed E-state index contributed by atoms with van der Waals surface area (Å²) in [4.78, 5) is 32.5. The Kier molecular flexibility index (Phi) is 7.45. The van der Waals surface area contributed by atoms with E-state index in [2.05, 4.69) is 16.0 Å². The van der Waals surface area contributed by atoms with Crippen LogP contribution in [0.25, 0.3) is 0 Å². The molecule has 0 aromatic heterocycles. The van der Waals surface area contributed by atoms with Crippen LogP contribution in [0.4, 0.5) is 4.79 Å². The van der Waals surface area contributed by atoms with Gasteiger partial charge in [0, 0.05) is 6.54 Å². The first-order valence-corrected chi connectivity index (χ1v) is 5.52. The van der Waals surface area contributed by atoms with E-state index in [0.29, 0.717) is 12.5 Å². The second-order valence-corrected chi connectivity index (χ2v) is 4.12. The first-order chi connectivity index (χ1) is 8.32. The van der Waals surface area contributed by atoms with E-state index in [9.17, 15) is 14.4 Å². The van der Waals surface area contributed by atoms with Crippen molar-refractivity contribution in [3.05, 3.63) is 0 Å². The zero-order valence-corrected chi connectivity index (χ0v) is 10.4. The van der Waals surface area contributed by atoms with Crippen LogP contribution >= 0.6 is 0 Å². The van der Waals surface area contributed by atoms with Gasteiger partial charge in [0.15, 0.2) is 6.10 Å². The Morgan fingerprint density at radius 3 is 2.17 bits per heavy atom.